The number of nitrogens with zero attached hydrogens (tertiary/aromatic N) is 3. The molecule has 0 spiro atoms. The van der Waals surface area contributed by atoms with Crippen molar-refractivity contribution < 1.29 is 4.79 Å². The number of carbonyl (C=O) groups is 1. The molecule has 1 fully saturated rings. The van der Waals surface area contributed by atoms with E-state index >= 15 is 0 Å². The Morgan fingerprint density at radius 3 is 3.06 bits per heavy atom. The van der Waals surface area contributed by atoms with E-state index in [0.29, 0.717) is 11.7 Å². The lowest BCUT2D eigenvalue weighted by molar-refractivity contribution is 0.0715. The highest BCUT2D eigenvalue weighted by Crippen LogP contribution is 2.14. The minimum absolute atomic E-state index is 0. The van der Waals surface area contributed by atoms with Crippen LogP contribution in [0.1, 0.15) is 29.8 Å². The van der Waals surface area contributed by atoms with E-state index in [2.05, 4.69) is 14.1 Å². The summed E-state index contributed by atoms with van der Waals surface area (Å²) in [6.07, 6.45) is 4.74. The van der Waals surface area contributed by atoms with Gasteiger partial charge in [0.05, 0.1) is 17.9 Å². The van der Waals surface area contributed by atoms with Gasteiger partial charge in [-0.1, -0.05) is 0 Å². The van der Waals surface area contributed by atoms with Crippen molar-refractivity contribution in [1.29, 1.82) is 0 Å². The van der Waals surface area contributed by atoms with Crippen molar-refractivity contribution in [2.75, 3.05) is 20.1 Å². The number of amides is 1. The Bertz CT molecular complexity index is 338. The number of aromatic nitrogens is 2. The predicted molar refractivity (Wildman–Crippen MR) is 69.8 cm³/mol. The van der Waals surface area contributed by atoms with Crippen LogP contribution in [0, 0.1) is 0 Å². The Hall–Kier alpha value is -0.720. The van der Waals surface area contributed by atoms with Crippen molar-refractivity contribution in [3.8, 4) is 0 Å². The molecule has 0 aromatic carbocycles. The van der Waals surface area contributed by atoms with Crippen LogP contribution in [0.5, 0.6) is 0 Å². The first kappa shape index (κ1) is 14.3. The van der Waals surface area contributed by atoms with E-state index in [1.165, 1.54) is 0 Å². The molecule has 7 heteroatoms. The summed E-state index contributed by atoms with van der Waals surface area (Å²) in [6.45, 7) is 2.04. The van der Waals surface area contributed by atoms with Gasteiger partial charge in [0.15, 0.2) is 5.69 Å². The van der Waals surface area contributed by atoms with Crippen LogP contribution in [0.4, 0.5) is 0 Å². The molecule has 1 unspecified atom stereocenters. The van der Waals surface area contributed by atoms with Crippen LogP contribution < -0.4 is 5.32 Å². The molecule has 1 aliphatic rings. The molecule has 2 heterocycles. The largest absolute Gasteiger partial charge is 0.337 e. The monoisotopic (exact) mass is 276 g/mol. The van der Waals surface area contributed by atoms with E-state index in [9.17, 15) is 4.79 Å². The molecule has 17 heavy (non-hydrogen) atoms. The summed E-state index contributed by atoms with van der Waals surface area (Å²) in [5.41, 5.74) is 0.463. The standard InChI is InChI=1S/C10H16N4OS.ClH/c1-14(8-3-2-5-11-6-4-8)10(15)9-7-12-16-13-9;/h7-8,11H,2-6H2,1H3;1H. The van der Waals surface area contributed by atoms with Crippen LogP contribution in [0.3, 0.4) is 0 Å². The molecular formula is C10H17ClN4OS. The first-order chi connectivity index (χ1) is 7.79. The number of hydrogen-bond acceptors (Lipinski definition) is 5. The summed E-state index contributed by atoms with van der Waals surface area (Å²) in [7, 11) is 1.86. The molecule has 2 rings (SSSR count). The molecule has 0 aliphatic carbocycles. The Labute approximate surface area is 111 Å². The number of rotatable bonds is 2. The lowest BCUT2D eigenvalue weighted by atomic mass is 10.1. The fraction of sp³-hybridized carbons (Fsp3) is 0.700. The second kappa shape index (κ2) is 6.88. The summed E-state index contributed by atoms with van der Waals surface area (Å²) in [4.78, 5) is 13.8. The fourth-order valence-electron chi connectivity index (χ4n) is 1.99. The van der Waals surface area contributed by atoms with E-state index in [0.717, 1.165) is 44.1 Å². The molecule has 1 saturated heterocycles. The third kappa shape index (κ3) is 3.62. The van der Waals surface area contributed by atoms with Crippen molar-refractivity contribution in [3.05, 3.63) is 11.9 Å². The highest BCUT2D eigenvalue weighted by Gasteiger charge is 2.23. The Balaban J connectivity index is 0.00000144. The second-order valence-corrected chi connectivity index (χ2v) is 4.60. The lowest BCUT2D eigenvalue weighted by Gasteiger charge is -2.26. The van der Waals surface area contributed by atoms with Gasteiger partial charge in [-0.2, -0.15) is 8.75 Å². The van der Waals surface area contributed by atoms with Gasteiger partial charge in [-0.05, 0) is 32.4 Å². The number of nitrogens with one attached hydrogen (secondary N) is 1. The first-order valence-corrected chi connectivity index (χ1v) is 6.27. The van der Waals surface area contributed by atoms with Gasteiger partial charge < -0.3 is 10.2 Å². The van der Waals surface area contributed by atoms with E-state index in [1.807, 2.05) is 11.9 Å². The van der Waals surface area contributed by atoms with Crippen LogP contribution in [0.2, 0.25) is 0 Å². The molecule has 0 saturated carbocycles. The van der Waals surface area contributed by atoms with Gasteiger partial charge in [-0.25, -0.2) is 0 Å². The molecule has 0 bridgehead atoms. The van der Waals surface area contributed by atoms with Crippen molar-refractivity contribution in [3.63, 3.8) is 0 Å². The van der Waals surface area contributed by atoms with E-state index < -0.39 is 0 Å². The SMILES string of the molecule is CN(C(=O)c1cnsn1)C1CCCNCC1.Cl. The number of carbonyl (C=O) groups excluding carboxylic acids is 1. The molecule has 5 nitrogen and oxygen atoms in total. The maximum atomic E-state index is 12.0. The highest BCUT2D eigenvalue weighted by atomic mass is 35.5. The minimum Gasteiger partial charge on any atom is -0.337 e. The van der Waals surface area contributed by atoms with Crippen LogP contribution >= 0.6 is 24.1 Å². The van der Waals surface area contributed by atoms with Gasteiger partial charge >= 0.3 is 0 Å². The van der Waals surface area contributed by atoms with Gasteiger partial charge in [-0.3, -0.25) is 4.79 Å². The van der Waals surface area contributed by atoms with Gasteiger partial charge in [0.25, 0.3) is 5.91 Å². The third-order valence-electron chi connectivity index (χ3n) is 2.99. The van der Waals surface area contributed by atoms with Crippen molar-refractivity contribution in [1.82, 2.24) is 19.0 Å². The number of hydrogen-bond donors (Lipinski definition) is 1. The molecule has 1 aromatic heterocycles. The third-order valence-corrected chi connectivity index (χ3v) is 3.47. The zero-order chi connectivity index (χ0) is 11.4. The molecule has 0 radical (unpaired) electrons. The average molecular weight is 277 g/mol. The maximum absolute atomic E-state index is 12.0. The summed E-state index contributed by atoms with van der Waals surface area (Å²) in [5, 5.41) is 3.34. The Morgan fingerprint density at radius 2 is 2.35 bits per heavy atom. The zero-order valence-electron chi connectivity index (χ0n) is 9.76. The predicted octanol–water partition coefficient (Wildman–Crippen LogP) is 1.17. The summed E-state index contributed by atoms with van der Waals surface area (Å²) < 4.78 is 7.84. The fourth-order valence-corrected chi connectivity index (χ4v) is 2.40. The summed E-state index contributed by atoms with van der Waals surface area (Å²) in [6, 6.07) is 0.323. The molecule has 1 amide bonds. The van der Waals surface area contributed by atoms with E-state index in [4.69, 9.17) is 0 Å². The molecule has 1 atom stereocenters. The van der Waals surface area contributed by atoms with E-state index in [-0.39, 0.29) is 18.3 Å². The first-order valence-electron chi connectivity index (χ1n) is 5.54. The lowest BCUT2D eigenvalue weighted by Crippen LogP contribution is -2.37. The quantitative estimate of drug-likeness (QED) is 0.881. The highest BCUT2D eigenvalue weighted by molar-refractivity contribution is 6.99. The molecule has 96 valence electrons. The van der Waals surface area contributed by atoms with Gasteiger partial charge in [-0.15, -0.1) is 12.4 Å². The topological polar surface area (TPSA) is 58.1 Å². The molecule has 1 aliphatic heterocycles. The van der Waals surface area contributed by atoms with Gasteiger partial charge in [0.1, 0.15) is 0 Å². The van der Waals surface area contributed by atoms with E-state index in [1.54, 1.807) is 6.20 Å². The summed E-state index contributed by atoms with van der Waals surface area (Å²) >= 11 is 1.08. The number of halogens is 1. The van der Waals surface area contributed by atoms with Crippen molar-refractivity contribution in [2.24, 2.45) is 0 Å². The minimum atomic E-state index is -0.0133. The smallest absolute Gasteiger partial charge is 0.275 e. The second-order valence-electron chi connectivity index (χ2n) is 4.04. The van der Waals surface area contributed by atoms with Crippen LogP contribution in [0.15, 0.2) is 6.20 Å². The van der Waals surface area contributed by atoms with Gasteiger partial charge in [0, 0.05) is 13.1 Å². The summed E-state index contributed by atoms with van der Waals surface area (Å²) in [5.74, 6) is -0.0133. The normalized spacial score (nSPS) is 20.2. The van der Waals surface area contributed by atoms with Crippen LogP contribution in [0.25, 0.3) is 0 Å². The molecule has 1 N–H and O–H groups in total. The van der Waals surface area contributed by atoms with Crippen molar-refractivity contribution in [2.45, 2.75) is 25.3 Å². The molecular weight excluding hydrogens is 260 g/mol. The average Bonchev–Trinajstić information content (AvgIpc) is 2.70. The van der Waals surface area contributed by atoms with Gasteiger partial charge in [0.2, 0.25) is 0 Å². The molecule has 1 aromatic rings. The van der Waals surface area contributed by atoms with Crippen LogP contribution in [-0.2, 0) is 0 Å². The van der Waals surface area contributed by atoms with Crippen molar-refractivity contribution >= 4 is 30.0 Å². The maximum Gasteiger partial charge on any atom is 0.275 e. The Kier molecular flexibility index (Phi) is 5.80. The van der Waals surface area contributed by atoms with Crippen LogP contribution in [-0.4, -0.2) is 45.7 Å². The Morgan fingerprint density at radius 1 is 1.53 bits per heavy atom. The zero-order valence-corrected chi connectivity index (χ0v) is 11.4.